The molecule has 0 radical (unpaired) electrons. The van der Waals surface area contributed by atoms with Gasteiger partial charge in [-0.15, -0.1) is 86.4 Å². The highest BCUT2D eigenvalue weighted by atomic mass is 35.5. The number of ketones is 12. The van der Waals surface area contributed by atoms with E-state index in [1.54, 1.807) is 50.4 Å². The van der Waals surface area contributed by atoms with Crippen molar-refractivity contribution >= 4 is 92.6 Å². The highest BCUT2D eigenvalue weighted by Gasteiger charge is 2.49. The highest BCUT2D eigenvalue weighted by molar-refractivity contribution is 6.37. The smallest absolute Gasteiger partial charge is 0.152 e. The highest BCUT2D eigenvalue weighted by Crippen LogP contribution is 2.46. The fraction of sp³-hybridized carbons (Fsp3) is 0.322. The van der Waals surface area contributed by atoms with E-state index in [0.29, 0.717) is 53.3 Å². The molecular weight excluding hydrogens is 1730 g/mol. The van der Waals surface area contributed by atoms with Crippen molar-refractivity contribution in [3.63, 3.8) is 0 Å². The number of halogens is 3. The Morgan fingerprint density at radius 3 is 0.867 bits per heavy atom. The van der Waals surface area contributed by atoms with Gasteiger partial charge in [0, 0.05) is 163 Å². The van der Waals surface area contributed by atoms with Crippen molar-refractivity contribution in [3.8, 4) is 132 Å². The van der Waals surface area contributed by atoms with Crippen LogP contribution in [0.5, 0.6) is 0 Å². The third kappa shape index (κ3) is 23.2. The summed E-state index contributed by atoms with van der Waals surface area (Å²) in [5, 5.41) is 0.686. The van der Waals surface area contributed by atoms with E-state index in [1.165, 1.54) is 11.6 Å². The maximum atomic E-state index is 14.3. The molecule has 682 valence electrons. The van der Waals surface area contributed by atoms with Crippen LogP contribution < -0.4 is 0 Å². The standard InChI is InChI=1S/C23H22O2.C22H20FNO2.C22H21NO2.C19H18O2.C18H16O2.C14H10Cl2O2/c1-5-6-18-13-20(24)22(23(18)25)21-15(3)11-19(12-16(21)4)17-9-7-14(2)8-10-17;1-5-6-15-10-18(25)20(22(15)26)19-13(3)8-16(9-14(19)4)21-17(23)7-12(2)11-24-21;1-5-6-16-11-19(24)21(22(16)25)20-14(3)9-17(10-15(20)4)18-8-7-13(2)12-23-18;1-5-7-8-15-11-16(20)18(19(15)21)17-12(3)9-14(6-2)10-13(17)4;1-5-7-14-10-15(19)17(18(14)20)16-11(3)8-13(6-2)9-12(16)4;1-2-4-8-7-11(17)13(14(8)18)12-9(15)5-3-6-10(12)16/h1,7-12,18,22H,6,13H2,2-4H3;1,7-9,11,15,20H,6,10H2,2-4H3;1,7-10,12,16,21H,6,11H2,2-4H3;2,9-10,15,18H,8,11H2,1,3-4H3;1-2,8-9,14,17H,7,10H2,3-4H3;1,3,5-6,8,13H,4,7H2. The molecule has 6 saturated carbocycles. The van der Waals surface area contributed by atoms with Crippen molar-refractivity contribution in [2.24, 2.45) is 35.5 Å². The summed E-state index contributed by atoms with van der Waals surface area (Å²) in [5.41, 5.74) is 23.2. The maximum Gasteiger partial charge on any atom is 0.152 e. The molecule has 2 heterocycles. The molecule has 12 unspecified atom stereocenters. The number of benzene rings is 7. The predicted octanol–water partition coefficient (Wildman–Crippen LogP) is 21.3. The Balaban J connectivity index is 0.000000168. The van der Waals surface area contributed by atoms with Crippen molar-refractivity contribution in [3.05, 3.63) is 266 Å². The molecule has 9 aromatic rings. The van der Waals surface area contributed by atoms with Crippen LogP contribution in [0.25, 0.3) is 33.6 Å². The molecule has 0 spiro atoms. The fourth-order valence-corrected chi connectivity index (χ4v) is 20.2. The van der Waals surface area contributed by atoms with Crippen LogP contribution in [0.2, 0.25) is 10.0 Å². The summed E-state index contributed by atoms with van der Waals surface area (Å²) in [6, 6.07) is 37.9. The van der Waals surface area contributed by atoms with Crippen molar-refractivity contribution in [1.29, 1.82) is 0 Å². The van der Waals surface area contributed by atoms with E-state index in [-0.39, 0.29) is 144 Å². The van der Waals surface area contributed by atoms with Crippen molar-refractivity contribution in [2.75, 3.05) is 0 Å². The van der Waals surface area contributed by atoms with Crippen molar-refractivity contribution < 1.29 is 61.9 Å². The molecule has 6 aliphatic carbocycles. The molecule has 0 bridgehead atoms. The molecule has 14 nitrogen and oxygen atoms in total. The Kier molecular flexibility index (Phi) is 34.7. The van der Waals surface area contributed by atoms with E-state index >= 15 is 0 Å². The first-order valence-corrected chi connectivity index (χ1v) is 45.5. The van der Waals surface area contributed by atoms with E-state index in [4.69, 9.17) is 68.2 Å². The zero-order valence-electron chi connectivity index (χ0n) is 78.6. The van der Waals surface area contributed by atoms with Crippen molar-refractivity contribution in [1.82, 2.24) is 9.97 Å². The largest absolute Gasteiger partial charge is 0.298 e. The monoisotopic (exact) mass is 1830 g/mol. The van der Waals surface area contributed by atoms with Gasteiger partial charge in [0.05, 0.1) is 5.69 Å². The minimum Gasteiger partial charge on any atom is -0.298 e. The summed E-state index contributed by atoms with van der Waals surface area (Å²) >= 11 is 12.1. The first-order valence-electron chi connectivity index (χ1n) is 44.7. The molecule has 135 heavy (non-hydrogen) atoms. The van der Waals surface area contributed by atoms with Crippen LogP contribution in [0, 0.1) is 230 Å². The summed E-state index contributed by atoms with van der Waals surface area (Å²) < 4.78 is 14.3. The van der Waals surface area contributed by atoms with Gasteiger partial charge in [0.1, 0.15) is 81.7 Å². The van der Waals surface area contributed by atoms with Gasteiger partial charge in [0.25, 0.3) is 0 Å². The molecule has 17 heteroatoms. The van der Waals surface area contributed by atoms with Crippen LogP contribution in [-0.2, 0) is 57.5 Å². The van der Waals surface area contributed by atoms with E-state index in [2.05, 4.69) is 107 Å². The summed E-state index contributed by atoms with van der Waals surface area (Å²) in [6.45, 7) is 26.7. The maximum absolute atomic E-state index is 14.3. The number of carbonyl (C=O) groups is 12. The summed E-state index contributed by atoms with van der Waals surface area (Å²) in [7, 11) is 0. The van der Waals surface area contributed by atoms with Gasteiger partial charge in [-0.1, -0.05) is 89.1 Å². The van der Waals surface area contributed by atoms with E-state index in [1.807, 2.05) is 131 Å². The minimum absolute atomic E-state index is 0.000430. The zero-order chi connectivity index (χ0) is 99.0. The second-order valence-electron chi connectivity index (χ2n) is 35.9. The molecule has 6 aliphatic rings. The second-order valence-corrected chi connectivity index (χ2v) is 36.7. The van der Waals surface area contributed by atoms with Crippen LogP contribution in [0.4, 0.5) is 4.39 Å². The lowest BCUT2D eigenvalue weighted by Crippen LogP contribution is -2.17. The number of pyridine rings is 2. The van der Waals surface area contributed by atoms with Gasteiger partial charge in [-0.25, -0.2) is 4.39 Å². The number of aromatic nitrogens is 2. The van der Waals surface area contributed by atoms with E-state index in [9.17, 15) is 61.9 Å². The average molecular weight is 1840 g/mol. The number of nitrogens with zero attached hydrogens (tertiary/aromatic N) is 2. The molecule has 2 aromatic heterocycles. The number of aryl methyl sites for hydroxylation is 13. The van der Waals surface area contributed by atoms with Gasteiger partial charge in [-0.2, -0.15) is 0 Å². The fourth-order valence-electron chi connectivity index (χ4n) is 19.6. The van der Waals surface area contributed by atoms with Gasteiger partial charge in [0.15, 0.2) is 34.7 Å². The van der Waals surface area contributed by atoms with E-state index < -0.39 is 53.2 Å². The molecule has 7 aromatic carbocycles. The normalized spacial score (nSPS) is 20.7. The van der Waals surface area contributed by atoms with Crippen LogP contribution in [0.1, 0.15) is 236 Å². The summed E-state index contributed by atoms with van der Waals surface area (Å²) in [6.07, 6.45) is 44.2. The first-order chi connectivity index (χ1) is 64.2. The third-order valence-corrected chi connectivity index (χ3v) is 26.6. The molecule has 12 atom stereocenters. The average Bonchev–Trinajstić information content (AvgIpc) is 1.69. The lowest BCUT2D eigenvalue weighted by molar-refractivity contribution is -0.126. The van der Waals surface area contributed by atoms with Crippen LogP contribution in [-0.4, -0.2) is 79.4 Å². The summed E-state index contributed by atoms with van der Waals surface area (Å²) in [5.74, 6) is 16.0. The van der Waals surface area contributed by atoms with Crippen LogP contribution in [0.15, 0.2) is 134 Å². The molecule has 0 amide bonds. The zero-order valence-corrected chi connectivity index (χ0v) is 80.1. The Labute approximate surface area is 802 Å². The van der Waals surface area contributed by atoms with Crippen LogP contribution >= 0.6 is 23.2 Å². The molecule has 0 N–H and O–H groups in total. The topological polar surface area (TPSA) is 231 Å². The Morgan fingerprint density at radius 2 is 0.585 bits per heavy atom. The van der Waals surface area contributed by atoms with E-state index in [0.717, 1.165) is 128 Å². The molecule has 6 fully saturated rings. The first kappa shape index (κ1) is 103. The number of terminal acetylenes is 7. The van der Waals surface area contributed by atoms with Gasteiger partial charge in [-0.3, -0.25) is 67.5 Å². The Bertz CT molecular complexity index is 6450. The third-order valence-electron chi connectivity index (χ3n) is 26.0. The van der Waals surface area contributed by atoms with Gasteiger partial charge >= 0.3 is 0 Å². The number of hydrogen-bond acceptors (Lipinski definition) is 14. The lowest BCUT2D eigenvalue weighted by Gasteiger charge is -2.17. The Morgan fingerprint density at radius 1 is 0.311 bits per heavy atom. The SMILES string of the molecule is C#CCC1CC(=O)C(c2c(C)cc(-c3ccc(C)cc3)cc2C)C1=O.C#CCC1CC(=O)C(c2c(C)cc(-c3ccc(C)cn3)cc2C)C1=O.C#CCC1CC(=O)C(c2c(C)cc(-c3ncc(C)cc3F)cc2C)C1=O.C#CCC1CC(=O)C(c2c(C)cc(C#C)cc2C)C1=O.C#CCC1CC(=O)C(c2c(Cl)cccc2Cl)C1=O.C#Cc1cc(C)c(C2C(=O)CC(CC#CC)C2=O)c(C)c1. The summed E-state index contributed by atoms with van der Waals surface area (Å²) in [4.78, 5) is 158. The molecule has 0 saturated heterocycles. The van der Waals surface area contributed by atoms with Gasteiger partial charge < -0.3 is 0 Å². The van der Waals surface area contributed by atoms with Crippen LogP contribution in [0.3, 0.4) is 0 Å². The lowest BCUT2D eigenvalue weighted by atomic mass is 9.85. The quantitative estimate of drug-likeness (QED) is 0.0686. The number of hydrogen-bond donors (Lipinski definition) is 0. The number of rotatable bonds is 15. The predicted molar refractivity (Wildman–Crippen MR) is 528 cm³/mol. The van der Waals surface area contributed by atoms with Crippen molar-refractivity contribution in [2.45, 2.75) is 209 Å². The number of Topliss-reactive ketones (excluding diaryl/α,β-unsaturated/α-hetero) is 12. The minimum atomic E-state index is -0.857. The molecule has 15 rings (SSSR count). The number of carbonyl (C=O) groups excluding carboxylic acids is 12. The molecule has 0 aliphatic heterocycles. The Hall–Kier alpha value is -14.1. The second kappa shape index (κ2) is 45.5. The molecular formula is C118H107Cl2FN2O12. The van der Waals surface area contributed by atoms with Gasteiger partial charge in [0.2, 0.25) is 0 Å². The van der Waals surface area contributed by atoms with Gasteiger partial charge in [-0.05, 0) is 275 Å².